The molecule has 0 aromatic rings. The van der Waals surface area contributed by atoms with E-state index in [1.54, 1.807) is 7.11 Å². The van der Waals surface area contributed by atoms with Gasteiger partial charge in [0.25, 0.3) is 5.91 Å². The molecule has 10 atom stereocenters. The van der Waals surface area contributed by atoms with Crippen molar-refractivity contribution in [2.45, 2.75) is 95.3 Å². The molecule has 0 aromatic heterocycles. The summed E-state index contributed by atoms with van der Waals surface area (Å²) in [6, 6.07) is 0. The van der Waals surface area contributed by atoms with Gasteiger partial charge < -0.3 is 48.7 Å². The third-order valence-electron chi connectivity index (χ3n) is 8.08. The molecule has 3 aliphatic heterocycles. The van der Waals surface area contributed by atoms with Crippen LogP contribution in [0.2, 0.25) is 0 Å². The summed E-state index contributed by atoms with van der Waals surface area (Å²) < 4.78 is 40.7. The van der Waals surface area contributed by atoms with Crippen LogP contribution in [0.5, 0.6) is 0 Å². The summed E-state index contributed by atoms with van der Waals surface area (Å²) >= 11 is 0. The average Bonchev–Trinajstić information content (AvgIpc) is 2.85. The lowest BCUT2D eigenvalue weighted by Gasteiger charge is -2.54. The van der Waals surface area contributed by atoms with Gasteiger partial charge in [0.05, 0.1) is 31.0 Å². The van der Waals surface area contributed by atoms with Crippen LogP contribution in [-0.4, -0.2) is 106 Å². The average molecular weight is 518 g/mol. The number of hydrogen-bond acceptors (Lipinski definition) is 10. The summed E-state index contributed by atoms with van der Waals surface area (Å²) in [7, 11) is 4.51. The minimum Gasteiger partial charge on any atom is -0.394 e. The first-order chi connectivity index (χ1) is 16.9. The molecular formula is C25H43NO10. The van der Waals surface area contributed by atoms with E-state index in [0.717, 1.165) is 5.57 Å². The van der Waals surface area contributed by atoms with E-state index >= 15 is 0 Å². The molecule has 0 saturated carbocycles. The molecule has 3 fully saturated rings. The Hall–Kier alpha value is -1.15. The predicted octanol–water partition coefficient (Wildman–Crippen LogP) is 0.712. The van der Waals surface area contributed by atoms with Crippen LogP contribution < -0.4 is 5.32 Å². The molecule has 5 unspecified atom stereocenters. The van der Waals surface area contributed by atoms with E-state index in [1.807, 2.05) is 27.7 Å². The van der Waals surface area contributed by atoms with Gasteiger partial charge in [0.15, 0.2) is 12.3 Å². The Labute approximate surface area is 213 Å². The predicted molar refractivity (Wildman–Crippen MR) is 128 cm³/mol. The van der Waals surface area contributed by atoms with E-state index in [4.69, 9.17) is 33.2 Å². The topological polar surface area (TPSA) is 134 Å². The highest BCUT2D eigenvalue weighted by Gasteiger charge is 2.57. The van der Waals surface area contributed by atoms with Crippen molar-refractivity contribution in [3.05, 3.63) is 12.2 Å². The van der Waals surface area contributed by atoms with Gasteiger partial charge in [0.2, 0.25) is 5.79 Å². The van der Waals surface area contributed by atoms with Crippen molar-refractivity contribution in [3.8, 4) is 0 Å². The zero-order valence-electron chi connectivity index (χ0n) is 22.4. The maximum Gasteiger partial charge on any atom is 0.256 e. The lowest BCUT2D eigenvalue weighted by Crippen LogP contribution is -2.69. The number of carbonyl (C=O) groups is 1. The number of fused-ring (bicyclic) bond motifs is 1. The minimum absolute atomic E-state index is 0.0554. The number of rotatable bonds is 9. The van der Waals surface area contributed by atoms with Crippen LogP contribution in [-0.2, 0) is 38.0 Å². The number of amides is 1. The highest BCUT2D eigenvalue weighted by Crippen LogP contribution is 2.44. The van der Waals surface area contributed by atoms with E-state index in [0.29, 0.717) is 6.42 Å². The van der Waals surface area contributed by atoms with Gasteiger partial charge in [0, 0.05) is 45.5 Å². The fourth-order valence-electron chi connectivity index (χ4n) is 5.42. The van der Waals surface area contributed by atoms with Crippen LogP contribution in [0.25, 0.3) is 0 Å². The third-order valence-corrected chi connectivity index (χ3v) is 8.08. The van der Waals surface area contributed by atoms with E-state index in [2.05, 4.69) is 11.9 Å². The number of aliphatic hydroxyl groups excluding tert-OH is 2. The molecule has 0 aliphatic carbocycles. The zero-order chi connectivity index (χ0) is 26.8. The largest absolute Gasteiger partial charge is 0.394 e. The number of carbonyl (C=O) groups excluding carboxylic acids is 1. The Morgan fingerprint density at radius 1 is 1.22 bits per heavy atom. The molecule has 3 heterocycles. The number of ether oxygens (including phenoxy) is 7. The van der Waals surface area contributed by atoms with Gasteiger partial charge in [-0.3, -0.25) is 4.79 Å². The van der Waals surface area contributed by atoms with Crippen molar-refractivity contribution < 1.29 is 48.2 Å². The van der Waals surface area contributed by atoms with Gasteiger partial charge in [-0.05, 0) is 6.92 Å². The van der Waals surface area contributed by atoms with Gasteiger partial charge in [-0.2, -0.15) is 0 Å². The summed E-state index contributed by atoms with van der Waals surface area (Å²) in [6.45, 7) is 11.6. The monoisotopic (exact) mass is 517 g/mol. The van der Waals surface area contributed by atoms with Crippen molar-refractivity contribution in [3.63, 3.8) is 0 Å². The Kier molecular flexibility index (Phi) is 9.57. The summed E-state index contributed by atoms with van der Waals surface area (Å²) in [6.07, 6.45) is -4.86. The molecular weight excluding hydrogens is 474 g/mol. The van der Waals surface area contributed by atoms with Gasteiger partial charge in [-0.25, -0.2) is 0 Å². The van der Waals surface area contributed by atoms with Crippen LogP contribution in [0, 0.1) is 11.3 Å². The minimum atomic E-state index is -1.65. The van der Waals surface area contributed by atoms with Gasteiger partial charge in [-0.1, -0.05) is 32.9 Å². The lowest BCUT2D eigenvalue weighted by molar-refractivity contribution is -0.333. The smallest absolute Gasteiger partial charge is 0.256 e. The zero-order valence-corrected chi connectivity index (χ0v) is 22.4. The van der Waals surface area contributed by atoms with E-state index in [1.165, 1.54) is 14.2 Å². The first kappa shape index (κ1) is 29.4. The Bertz CT molecular complexity index is 774. The van der Waals surface area contributed by atoms with Crippen molar-refractivity contribution in [1.29, 1.82) is 0 Å². The van der Waals surface area contributed by atoms with E-state index < -0.39 is 60.0 Å². The van der Waals surface area contributed by atoms with Crippen LogP contribution in [0.4, 0.5) is 0 Å². The Morgan fingerprint density at radius 2 is 1.92 bits per heavy atom. The molecule has 208 valence electrons. The normalized spacial score (nSPS) is 40.2. The van der Waals surface area contributed by atoms with Crippen LogP contribution in [0.3, 0.4) is 0 Å². The first-order valence-electron chi connectivity index (χ1n) is 12.4. The molecule has 3 N–H and O–H groups in total. The molecule has 0 bridgehead atoms. The molecule has 3 aliphatic rings. The fraction of sp³-hybridized carbons (Fsp3) is 0.880. The standard InChI is InChI=1S/C25H43NO10/c1-13-10-25(32-8,36-15(3)14(13)2)20(28)22(29)26-23-19-18(33-12-34-23)21(31-7)24(4,5)17(35-19)9-16(11-27)30-6/h14-21,23,27-28H,1,9-12H2,2-8H3,(H,26,29)/t14-,15-,16+,17-,18+,19?,20?,21?,23?,25?/m1/s1. The number of methoxy groups -OCH3 is 3. The molecule has 0 aromatic carbocycles. The summed E-state index contributed by atoms with van der Waals surface area (Å²) in [5.41, 5.74) is 0.321. The second-order valence-corrected chi connectivity index (χ2v) is 10.6. The molecule has 3 rings (SSSR count). The summed E-state index contributed by atoms with van der Waals surface area (Å²) in [5.74, 6) is -2.25. The molecule has 11 nitrogen and oxygen atoms in total. The fourth-order valence-corrected chi connectivity index (χ4v) is 5.42. The SMILES string of the molecule is C=C1CC(OC)(C(O)C(=O)NC2OCO[C@H]3C2O[C@H](C[C@@H](CO)OC)C(C)(C)C3OC)O[C@H](C)[C@@H]1C. The van der Waals surface area contributed by atoms with Crippen molar-refractivity contribution in [2.24, 2.45) is 11.3 Å². The second-order valence-electron chi connectivity index (χ2n) is 10.6. The molecule has 3 saturated heterocycles. The van der Waals surface area contributed by atoms with Crippen LogP contribution >= 0.6 is 0 Å². The highest BCUT2D eigenvalue weighted by molar-refractivity contribution is 5.82. The molecule has 0 radical (unpaired) electrons. The van der Waals surface area contributed by atoms with Gasteiger partial charge in [-0.15, -0.1) is 0 Å². The Morgan fingerprint density at radius 3 is 2.47 bits per heavy atom. The maximum atomic E-state index is 13.3. The van der Waals surface area contributed by atoms with Crippen LogP contribution in [0.1, 0.15) is 40.5 Å². The maximum absolute atomic E-state index is 13.3. The van der Waals surface area contributed by atoms with E-state index in [9.17, 15) is 15.0 Å². The van der Waals surface area contributed by atoms with Gasteiger partial charge >= 0.3 is 0 Å². The van der Waals surface area contributed by atoms with Crippen molar-refractivity contribution >= 4 is 5.91 Å². The summed E-state index contributed by atoms with van der Waals surface area (Å²) in [4.78, 5) is 13.3. The van der Waals surface area contributed by atoms with Crippen molar-refractivity contribution in [1.82, 2.24) is 5.32 Å². The quantitative estimate of drug-likeness (QED) is 0.376. The van der Waals surface area contributed by atoms with E-state index in [-0.39, 0.29) is 31.8 Å². The number of nitrogens with one attached hydrogen (secondary N) is 1. The third kappa shape index (κ3) is 5.50. The Balaban J connectivity index is 1.80. The summed E-state index contributed by atoms with van der Waals surface area (Å²) in [5, 5.41) is 23.5. The number of aliphatic hydroxyl groups is 2. The van der Waals surface area contributed by atoms with Crippen LogP contribution in [0.15, 0.2) is 12.2 Å². The molecule has 11 heteroatoms. The van der Waals surface area contributed by atoms with Gasteiger partial charge in [0.1, 0.15) is 19.0 Å². The first-order valence-corrected chi connectivity index (χ1v) is 12.4. The second kappa shape index (κ2) is 11.7. The van der Waals surface area contributed by atoms with Crippen molar-refractivity contribution in [2.75, 3.05) is 34.7 Å². The molecule has 1 amide bonds. The molecule has 0 spiro atoms. The molecule has 36 heavy (non-hydrogen) atoms. The highest BCUT2D eigenvalue weighted by atomic mass is 16.7. The number of hydrogen-bond donors (Lipinski definition) is 3. The lowest BCUT2D eigenvalue weighted by atomic mass is 9.72.